The molecule has 0 saturated carbocycles. The maximum atomic E-state index is 12.5. The number of fused-ring (bicyclic) bond motifs is 1. The first-order valence-electron chi connectivity index (χ1n) is 6.42. The number of benzene rings is 1. The first-order valence-corrected chi connectivity index (χ1v) is 11.0. The average molecular weight is 443 g/mol. The van der Waals surface area contributed by atoms with Gasteiger partial charge in [0.25, 0.3) is 0 Å². The highest BCUT2D eigenvalue weighted by Crippen LogP contribution is 2.33. The summed E-state index contributed by atoms with van der Waals surface area (Å²) in [5.41, 5.74) is 3.79. The number of nitrogens with one attached hydrogen (secondary N) is 1. The van der Waals surface area contributed by atoms with Crippen LogP contribution in [0.4, 0.5) is 5.69 Å². The van der Waals surface area contributed by atoms with Crippen LogP contribution in [0.1, 0.15) is 23.0 Å². The van der Waals surface area contributed by atoms with Crippen LogP contribution in [0.5, 0.6) is 0 Å². The molecular formula is C15H14IN3OS2. The first kappa shape index (κ1) is 17.2. The van der Waals surface area contributed by atoms with E-state index >= 15 is 0 Å². The topological polar surface area (TPSA) is 57.8 Å². The zero-order valence-electron chi connectivity index (χ0n) is 12.3. The minimum Gasteiger partial charge on any atom is -0.330 e. The second-order valence-corrected chi connectivity index (χ2v) is 6.87. The Kier molecular flexibility index (Phi) is 5.83. The molecule has 1 aromatic carbocycles. The minimum absolute atomic E-state index is 0.161. The van der Waals surface area contributed by atoms with E-state index in [1.165, 1.54) is 21.1 Å². The number of allylic oxidation sites excluding steroid dienone is 2. The van der Waals surface area contributed by atoms with E-state index in [9.17, 15) is 4.79 Å². The van der Waals surface area contributed by atoms with Crippen molar-refractivity contribution in [2.24, 2.45) is 0 Å². The number of Topliss-reactive ketones (excluding diaryl/α,β-unsaturated/α-hetero) is 1. The largest absolute Gasteiger partial charge is 0.330 e. The molecule has 1 heterocycles. The third-order valence-corrected chi connectivity index (χ3v) is 5.41. The number of hydrogen-bond acceptors (Lipinski definition) is 5. The van der Waals surface area contributed by atoms with Crippen molar-refractivity contribution >= 4 is 64.6 Å². The summed E-state index contributed by atoms with van der Waals surface area (Å²) in [6.07, 6.45) is 3.52. The van der Waals surface area contributed by atoms with Crippen molar-refractivity contribution in [2.45, 2.75) is 13.8 Å². The smallest absolute Gasteiger partial charge is 0.220 e. The predicted molar refractivity (Wildman–Crippen MR) is 105 cm³/mol. The number of aromatic nitrogens is 1. The first-order chi connectivity index (χ1) is 10.6. The summed E-state index contributed by atoms with van der Waals surface area (Å²) in [5.74, 6) is -0.248. The van der Waals surface area contributed by atoms with Crippen LogP contribution in [-0.4, -0.2) is 16.0 Å². The summed E-state index contributed by atoms with van der Waals surface area (Å²) in [5, 5.41) is 10.1. The lowest BCUT2D eigenvalue weighted by molar-refractivity contribution is 0.103. The van der Waals surface area contributed by atoms with Crippen LogP contribution >= 0.6 is 42.3 Å². The number of hydrogen-bond donors (Lipinski definition) is 1. The van der Waals surface area contributed by atoms with Gasteiger partial charge in [-0.2, -0.15) is 5.26 Å². The van der Waals surface area contributed by atoms with Crippen molar-refractivity contribution < 1.29 is 4.79 Å². The summed E-state index contributed by atoms with van der Waals surface area (Å²) >= 11 is 3.68. The normalized spacial score (nSPS) is 11.5. The van der Waals surface area contributed by atoms with E-state index in [-0.39, 0.29) is 11.4 Å². The Balaban J connectivity index is 2.67. The molecule has 0 aliphatic rings. The Hall–Kier alpha value is -1.11. The predicted octanol–water partition coefficient (Wildman–Crippen LogP) is 5.14. The number of nitrogens with zero attached hydrogens (tertiary/aromatic N) is 2. The van der Waals surface area contributed by atoms with Gasteiger partial charge >= 0.3 is 0 Å². The second kappa shape index (κ2) is 7.44. The number of nitriles is 1. The average Bonchev–Trinajstić information content (AvgIpc) is 2.86. The monoisotopic (exact) mass is 443 g/mol. The van der Waals surface area contributed by atoms with Crippen LogP contribution in [0.2, 0.25) is 0 Å². The third-order valence-electron chi connectivity index (χ3n) is 3.27. The molecule has 2 rings (SSSR count). The molecule has 7 heteroatoms. The lowest BCUT2D eigenvalue weighted by Crippen LogP contribution is -2.05. The second-order valence-electron chi connectivity index (χ2n) is 4.57. The van der Waals surface area contributed by atoms with Gasteiger partial charge in [0.15, 0.2) is 0 Å². The van der Waals surface area contributed by atoms with Crippen molar-refractivity contribution in [1.29, 1.82) is 5.26 Å². The molecule has 0 radical (unpaired) electrons. The van der Waals surface area contributed by atoms with E-state index in [0.29, 0.717) is 5.69 Å². The van der Waals surface area contributed by atoms with E-state index in [4.69, 9.17) is 5.26 Å². The van der Waals surface area contributed by atoms with Gasteiger partial charge in [0, 0.05) is 47.7 Å². The lowest BCUT2D eigenvalue weighted by Gasteiger charge is -2.08. The van der Waals surface area contributed by atoms with E-state index < -0.39 is 0 Å². The Morgan fingerprint density at radius 1 is 1.45 bits per heavy atom. The van der Waals surface area contributed by atoms with E-state index in [1.807, 2.05) is 35.4 Å². The fraction of sp³-hybridized carbons (Fsp3) is 0.200. The van der Waals surface area contributed by atoms with E-state index in [1.54, 1.807) is 13.0 Å². The quantitative estimate of drug-likeness (QED) is 0.228. The van der Waals surface area contributed by atoms with Crippen LogP contribution in [0.3, 0.4) is 0 Å². The van der Waals surface area contributed by atoms with E-state index in [2.05, 4.69) is 32.0 Å². The highest BCUT2D eigenvalue weighted by Gasteiger charge is 2.19. The molecule has 0 saturated heterocycles. The lowest BCUT2D eigenvalue weighted by atomic mass is 10.1. The number of halogens is 1. The standard InChI is InChI=1S/C15H14IN3OS2/c1-4-10(8-17)15(20)14-7-11-6-12(18-21-3)9(2)5-13(11)19(14)22-16/h4-7,18H,1-3H3/b10-4+. The van der Waals surface area contributed by atoms with Crippen molar-refractivity contribution in [3.63, 3.8) is 0 Å². The number of anilines is 1. The van der Waals surface area contributed by atoms with Gasteiger partial charge in [0.05, 0.1) is 11.1 Å². The Bertz CT molecular complexity index is 805. The van der Waals surface area contributed by atoms with Gasteiger partial charge < -0.3 is 4.72 Å². The summed E-state index contributed by atoms with van der Waals surface area (Å²) in [4.78, 5) is 12.5. The molecule has 1 aromatic heterocycles. The molecule has 22 heavy (non-hydrogen) atoms. The molecule has 0 unspecified atom stereocenters. The van der Waals surface area contributed by atoms with Crippen molar-refractivity contribution in [2.75, 3.05) is 11.0 Å². The van der Waals surface area contributed by atoms with Crippen molar-refractivity contribution in [1.82, 2.24) is 3.97 Å². The highest BCUT2D eigenvalue weighted by atomic mass is 127. The molecule has 0 aliphatic carbocycles. The maximum absolute atomic E-state index is 12.5. The molecule has 1 N–H and O–H groups in total. The summed E-state index contributed by atoms with van der Waals surface area (Å²) in [6, 6.07) is 7.89. The van der Waals surface area contributed by atoms with Gasteiger partial charge in [-0.15, -0.1) is 0 Å². The van der Waals surface area contributed by atoms with Crippen molar-refractivity contribution in [3.8, 4) is 6.07 Å². The SMILES string of the molecule is C/C=C(\C#N)C(=O)c1cc2cc(NSC)c(C)cc2n1SI. The van der Waals surface area contributed by atoms with Gasteiger partial charge in [0.1, 0.15) is 11.8 Å². The zero-order valence-corrected chi connectivity index (χ0v) is 16.1. The van der Waals surface area contributed by atoms with Gasteiger partial charge in [-0.1, -0.05) is 18.0 Å². The fourth-order valence-corrected chi connectivity index (χ4v) is 4.33. The van der Waals surface area contributed by atoms with Crippen LogP contribution in [0.25, 0.3) is 10.9 Å². The molecule has 0 fully saturated rings. The molecule has 0 spiro atoms. The van der Waals surface area contributed by atoms with Crippen molar-refractivity contribution in [3.05, 3.63) is 41.1 Å². The third kappa shape index (κ3) is 3.14. The molecule has 0 amide bonds. The maximum Gasteiger partial charge on any atom is 0.220 e. The minimum atomic E-state index is -0.248. The number of ketones is 1. The van der Waals surface area contributed by atoms with Crippen LogP contribution < -0.4 is 4.72 Å². The summed E-state index contributed by atoms with van der Waals surface area (Å²) in [6.45, 7) is 3.73. The molecule has 0 atom stereocenters. The number of aryl methyl sites for hydroxylation is 1. The van der Waals surface area contributed by atoms with E-state index in [0.717, 1.165) is 22.2 Å². The van der Waals surface area contributed by atoms with Crippen LogP contribution in [0, 0.1) is 18.3 Å². The highest BCUT2D eigenvalue weighted by molar-refractivity contribution is 14.2. The van der Waals surface area contributed by atoms with Gasteiger partial charge in [0.2, 0.25) is 5.78 Å². The number of carbonyl (C=O) groups excluding carboxylic acids is 1. The van der Waals surface area contributed by atoms with Crippen LogP contribution in [0.15, 0.2) is 29.8 Å². The fourth-order valence-electron chi connectivity index (χ4n) is 2.17. The zero-order chi connectivity index (χ0) is 16.3. The molecule has 0 aliphatic heterocycles. The molecule has 0 bridgehead atoms. The van der Waals surface area contributed by atoms with Gasteiger partial charge in [-0.05, 0) is 37.6 Å². The molecular weight excluding hydrogens is 429 g/mol. The molecule has 114 valence electrons. The Morgan fingerprint density at radius 3 is 2.73 bits per heavy atom. The number of carbonyl (C=O) groups is 1. The van der Waals surface area contributed by atoms with Crippen LogP contribution in [-0.2, 0) is 0 Å². The molecule has 2 aromatic rings. The summed E-state index contributed by atoms with van der Waals surface area (Å²) < 4.78 is 5.11. The summed E-state index contributed by atoms with van der Waals surface area (Å²) in [7, 11) is 1.43. The number of rotatable bonds is 5. The Labute approximate surface area is 150 Å². The van der Waals surface area contributed by atoms with Gasteiger partial charge in [-0.3, -0.25) is 8.77 Å². The molecule has 4 nitrogen and oxygen atoms in total. The Morgan fingerprint density at radius 2 is 2.18 bits per heavy atom. The van der Waals surface area contributed by atoms with Gasteiger partial charge in [-0.25, -0.2) is 0 Å².